The number of thiazole rings is 1. The van der Waals surface area contributed by atoms with Gasteiger partial charge in [0.1, 0.15) is 10.2 Å². The Bertz CT molecular complexity index is 342. The minimum Gasteiger partial charge on any atom is -0.384 e. The Morgan fingerprint density at radius 2 is 2.07 bits per heavy atom. The molecule has 1 saturated carbocycles. The van der Waals surface area contributed by atoms with Gasteiger partial charge in [-0.05, 0) is 47.0 Å². The van der Waals surface area contributed by atoms with E-state index in [4.69, 9.17) is 0 Å². The molecule has 0 aromatic carbocycles. The summed E-state index contributed by atoms with van der Waals surface area (Å²) in [5.74, 6) is 1.18. The summed E-state index contributed by atoms with van der Waals surface area (Å²) in [6.45, 7) is 4.44. The first kappa shape index (κ1) is 11.6. The van der Waals surface area contributed by atoms with Gasteiger partial charge in [0, 0.05) is 0 Å². The van der Waals surface area contributed by atoms with E-state index < -0.39 is 5.60 Å². The number of aromatic nitrogens is 1. The van der Waals surface area contributed by atoms with Crippen molar-refractivity contribution in [2.45, 2.75) is 38.7 Å². The first-order chi connectivity index (χ1) is 7.01. The van der Waals surface area contributed by atoms with E-state index in [0.29, 0.717) is 11.8 Å². The third-order valence-electron chi connectivity index (χ3n) is 3.12. The van der Waals surface area contributed by atoms with Crippen molar-refractivity contribution in [2.24, 2.45) is 11.8 Å². The van der Waals surface area contributed by atoms with Crippen molar-refractivity contribution >= 4 is 27.3 Å². The predicted molar refractivity (Wildman–Crippen MR) is 65.9 cm³/mol. The maximum Gasteiger partial charge on any atom is 0.123 e. The molecule has 2 unspecified atom stereocenters. The SMILES string of the molecule is CC1CC(C)CC(O)(c2scnc2Br)C1. The van der Waals surface area contributed by atoms with Crippen LogP contribution in [-0.2, 0) is 5.60 Å². The fraction of sp³-hybridized carbons (Fsp3) is 0.727. The molecule has 0 radical (unpaired) electrons. The number of nitrogens with zero attached hydrogens (tertiary/aromatic N) is 1. The topological polar surface area (TPSA) is 33.1 Å². The summed E-state index contributed by atoms with van der Waals surface area (Å²) in [5, 5.41) is 10.7. The number of hydrogen-bond acceptors (Lipinski definition) is 3. The Morgan fingerprint density at radius 1 is 1.47 bits per heavy atom. The Hall–Kier alpha value is 0.0700. The average molecular weight is 290 g/mol. The van der Waals surface area contributed by atoms with Gasteiger partial charge < -0.3 is 5.11 Å². The van der Waals surface area contributed by atoms with Gasteiger partial charge in [0.25, 0.3) is 0 Å². The quantitative estimate of drug-likeness (QED) is 0.858. The van der Waals surface area contributed by atoms with Crippen LogP contribution in [-0.4, -0.2) is 10.1 Å². The lowest BCUT2D eigenvalue weighted by Gasteiger charge is -2.38. The maximum absolute atomic E-state index is 10.7. The zero-order valence-corrected chi connectivity index (χ0v) is 11.4. The molecule has 2 nitrogen and oxygen atoms in total. The third kappa shape index (κ3) is 2.27. The van der Waals surface area contributed by atoms with Gasteiger partial charge in [-0.25, -0.2) is 4.98 Å². The molecule has 1 fully saturated rings. The third-order valence-corrected chi connectivity index (χ3v) is 5.01. The lowest BCUT2D eigenvalue weighted by atomic mass is 9.73. The molecule has 1 aliphatic carbocycles. The normalized spacial score (nSPS) is 36.8. The molecule has 0 saturated heterocycles. The monoisotopic (exact) mass is 289 g/mol. The van der Waals surface area contributed by atoms with E-state index >= 15 is 0 Å². The largest absolute Gasteiger partial charge is 0.384 e. The van der Waals surface area contributed by atoms with Crippen molar-refractivity contribution in [1.29, 1.82) is 0 Å². The molecule has 0 spiro atoms. The first-order valence-electron chi connectivity index (χ1n) is 5.33. The number of aliphatic hydroxyl groups is 1. The van der Waals surface area contributed by atoms with Crippen molar-refractivity contribution in [3.8, 4) is 0 Å². The smallest absolute Gasteiger partial charge is 0.123 e. The summed E-state index contributed by atoms with van der Waals surface area (Å²) in [6, 6.07) is 0. The van der Waals surface area contributed by atoms with E-state index in [9.17, 15) is 5.11 Å². The van der Waals surface area contributed by atoms with Gasteiger partial charge >= 0.3 is 0 Å². The van der Waals surface area contributed by atoms with Crippen molar-refractivity contribution in [1.82, 2.24) is 4.98 Å². The van der Waals surface area contributed by atoms with Crippen LogP contribution in [0.1, 0.15) is 38.0 Å². The second kappa shape index (κ2) is 4.15. The minimum absolute atomic E-state index is 0.591. The Balaban J connectivity index is 2.29. The molecule has 0 amide bonds. The highest BCUT2D eigenvalue weighted by atomic mass is 79.9. The second-order valence-electron chi connectivity index (χ2n) is 4.86. The van der Waals surface area contributed by atoms with Crippen LogP contribution in [0.5, 0.6) is 0 Å². The molecule has 2 atom stereocenters. The van der Waals surface area contributed by atoms with Crippen LogP contribution in [0.2, 0.25) is 0 Å². The van der Waals surface area contributed by atoms with Crippen LogP contribution in [0.4, 0.5) is 0 Å². The average Bonchev–Trinajstić information content (AvgIpc) is 2.48. The molecule has 1 aromatic heterocycles. The van der Waals surface area contributed by atoms with Crippen LogP contribution >= 0.6 is 27.3 Å². The van der Waals surface area contributed by atoms with E-state index in [1.165, 1.54) is 6.42 Å². The van der Waals surface area contributed by atoms with Crippen LogP contribution in [0, 0.1) is 11.8 Å². The van der Waals surface area contributed by atoms with Crippen LogP contribution in [0.15, 0.2) is 10.1 Å². The van der Waals surface area contributed by atoms with Crippen molar-refractivity contribution in [3.63, 3.8) is 0 Å². The molecule has 1 N–H and O–H groups in total. The van der Waals surface area contributed by atoms with E-state index in [-0.39, 0.29) is 0 Å². The molecular formula is C11H16BrNOS. The second-order valence-corrected chi connectivity index (χ2v) is 6.46. The number of hydrogen-bond donors (Lipinski definition) is 1. The van der Waals surface area contributed by atoms with E-state index in [1.54, 1.807) is 16.8 Å². The van der Waals surface area contributed by atoms with Gasteiger partial charge in [-0.1, -0.05) is 13.8 Å². The lowest BCUT2D eigenvalue weighted by molar-refractivity contribution is -0.0339. The van der Waals surface area contributed by atoms with Crippen LogP contribution in [0.25, 0.3) is 0 Å². The van der Waals surface area contributed by atoms with Crippen molar-refractivity contribution < 1.29 is 5.11 Å². The summed E-state index contributed by atoms with van der Waals surface area (Å²) < 4.78 is 0.816. The molecule has 84 valence electrons. The van der Waals surface area contributed by atoms with E-state index in [2.05, 4.69) is 34.8 Å². The Labute approximate surface area is 103 Å². The maximum atomic E-state index is 10.7. The summed E-state index contributed by atoms with van der Waals surface area (Å²) >= 11 is 4.97. The summed E-state index contributed by atoms with van der Waals surface area (Å²) in [4.78, 5) is 5.16. The lowest BCUT2D eigenvalue weighted by Crippen LogP contribution is -2.34. The molecule has 2 rings (SSSR count). The highest BCUT2D eigenvalue weighted by Crippen LogP contribution is 2.45. The molecule has 0 aliphatic heterocycles. The summed E-state index contributed by atoms with van der Waals surface area (Å²) in [7, 11) is 0. The first-order valence-corrected chi connectivity index (χ1v) is 7.00. The molecule has 1 aliphatic rings. The number of halogens is 1. The zero-order valence-electron chi connectivity index (χ0n) is 9.03. The molecule has 15 heavy (non-hydrogen) atoms. The minimum atomic E-state index is -0.656. The van der Waals surface area contributed by atoms with Gasteiger partial charge in [-0.2, -0.15) is 0 Å². The Kier molecular flexibility index (Phi) is 3.20. The van der Waals surface area contributed by atoms with Gasteiger partial charge in [0.2, 0.25) is 0 Å². The predicted octanol–water partition coefficient (Wildman–Crippen LogP) is 3.55. The standard InChI is InChI=1S/C11H16BrNOS/c1-7-3-8(2)5-11(14,4-7)9-10(12)13-6-15-9/h6-8,14H,3-5H2,1-2H3. The van der Waals surface area contributed by atoms with Gasteiger partial charge in [0.05, 0.1) is 10.4 Å². The van der Waals surface area contributed by atoms with Crippen molar-refractivity contribution in [2.75, 3.05) is 0 Å². The Morgan fingerprint density at radius 3 is 2.53 bits per heavy atom. The van der Waals surface area contributed by atoms with E-state index in [0.717, 1.165) is 22.3 Å². The molecule has 1 aromatic rings. The highest BCUT2D eigenvalue weighted by Gasteiger charge is 2.39. The molecule has 0 bridgehead atoms. The van der Waals surface area contributed by atoms with Crippen LogP contribution in [0.3, 0.4) is 0 Å². The summed E-state index contributed by atoms with van der Waals surface area (Å²) in [5.41, 5.74) is 1.14. The highest BCUT2D eigenvalue weighted by molar-refractivity contribution is 9.10. The molecule has 4 heteroatoms. The van der Waals surface area contributed by atoms with Crippen LogP contribution < -0.4 is 0 Å². The molecule has 1 heterocycles. The van der Waals surface area contributed by atoms with Gasteiger partial charge in [-0.3, -0.25) is 0 Å². The fourth-order valence-electron chi connectivity index (χ4n) is 2.81. The van der Waals surface area contributed by atoms with E-state index in [1.807, 2.05) is 0 Å². The zero-order chi connectivity index (χ0) is 11.1. The fourth-order valence-corrected chi connectivity index (χ4v) is 4.50. The van der Waals surface area contributed by atoms with Gasteiger partial charge in [0.15, 0.2) is 0 Å². The van der Waals surface area contributed by atoms with Gasteiger partial charge in [-0.15, -0.1) is 11.3 Å². The summed E-state index contributed by atoms with van der Waals surface area (Å²) in [6.07, 6.45) is 2.94. The number of rotatable bonds is 1. The molecular weight excluding hydrogens is 274 g/mol. The van der Waals surface area contributed by atoms with Crippen molar-refractivity contribution in [3.05, 3.63) is 15.0 Å².